The van der Waals surface area contributed by atoms with Gasteiger partial charge in [0.15, 0.2) is 5.76 Å². The van der Waals surface area contributed by atoms with Crippen LogP contribution in [0.2, 0.25) is 5.02 Å². The van der Waals surface area contributed by atoms with Gasteiger partial charge in [0.05, 0.1) is 23.1 Å². The van der Waals surface area contributed by atoms with E-state index in [-0.39, 0.29) is 27.3 Å². The molecular formula is C28H24ClF2N5O2S2. The Morgan fingerprint density at radius 1 is 1.18 bits per heavy atom. The predicted octanol–water partition coefficient (Wildman–Crippen LogP) is 5.43. The lowest BCUT2D eigenvalue weighted by Gasteiger charge is -2.32. The molecule has 2 aromatic carbocycles. The second-order valence-corrected chi connectivity index (χ2v) is 10.2. The van der Waals surface area contributed by atoms with E-state index in [9.17, 15) is 8.78 Å². The summed E-state index contributed by atoms with van der Waals surface area (Å²) in [7, 11) is 0. The number of amidine groups is 1. The summed E-state index contributed by atoms with van der Waals surface area (Å²) in [6, 6.07) is 8.88. The zero-order valence-corrected chi connectivity index (χ0v) is 23.4. The van der Waals surface area contributed by atoms with Crippen LogP contribution >= 0.6 is 35.8 Å². The van der Waals surface area contributed by atoms with Crippen molar-refractivity contribution in [2.45, 2.75) is 4.90 Å². The third kappa shape index (κ3) is 6.56. The first kappa shape index (κ1) is 27.9. The standard InChI is InChI=1S/C28H24ClF2N5O2S2/c29-21-13-26(40-35-27(32)16-39)22(31)14-24(21)38-25-15-34-23(18-2-1-3-19(30)10-18)12-20(25)17-4-5-33-28(11-17)36-6-8-37-9-7-36/h1-5,10-16,33-34H,6-9H2,(H2,32,35). The highest BCUT2D eigenvalue weighted by atomic mass is 35.5. The van der Waals surface area contributed by atoms with Crippen LogP contribution in [0, 0.1) is 11.6 Å². The molecular weight excluding hydrogens is 576 g/mol. The average Bonchev–Trinajstić information content (AvgIpc) is 2.98. The summed E-state index contributed by atoms with van der Waals surface area (Å²) in [5, 5.41) is 7.82. The molecule has 0 spiro atoms. The summed E-state index contributed by atoms with van der Waals surface area (Å²) in [6.45, 7) is 2.77. The van der Waals surface area contributed by atoms with E-state index in [1.165, 1.54) is 29.6 Å². The molecule has 1 saturated heterocycles. The molecule has 3 aliphatic rings. The van der Waals surface area contributed by atoms with Crippen molar-refractivity contribution in [1.82, 2.24) is 15.5 Å². The van der Waals surface area contributed by atoms with Crippen molar-refractivity contribution in [2.24, 2.45) is 10.1 Å². The Bertz CT molecular complexity index is 1510. The maximum Gasteiger partial charge on any atom is 0.151 e. The third-order valence-corrected chi connectivity index (χ3v) is 7.42. The number of allylic oxidation sites excluding steroid dienone is 4. The molecule has 0 unspecified atom stereocenters. The summed E-state index contributed by atoms with van der Waals surface area (Å²) in [4.78, 5) is 2.36. The summed E-state index contributed by atoms with van der Waals surface area (Å²) < 4.78 is 44.5. The molecule has 3 aliphatic heterocycles. The molecule has 2 aromatic rings. The molecule has 0 saturated carbocycles. The molecule has 5 rings (SSSR count). The Morgan fingerprint density at radius 2 is 2.00 bits per heavy atom. The smallest absolute Gasteiger partial charge is 0.151 e. The van der Waals surface area contributed by atoms with Crippen LogP contribution in [0.25, 0.3) is 5.70 Å². The van der Waals surface area contributed by atoms with Gasteiger partial charge in [0.1, 0.15) is 29.0 Å². The Morgan fingerprint density at radius 3 is 2.77 bits per heavy atom. The normalized spacial score (nSPS) is 19.2. The molecule has 0 amide bonds. The monoisotopic (exact) mass is 599 g/mol. The maximum atomic E-state index is 14.9. The fourth-order valence-electron chi connectivity index (χ4n) is 4.12. The van der Waals surface area contributed by atoms with Crippen LogP contribution < -0.4 is 21.1 Å². The van der Waals surface area contributed by atoms with Gasteiger partial charge in [0.25, 0.3) is 0 Å². The SMILES string of the molecule is NC(C=S)=NSc1cc(Cl)c(OC2=CNC(c3cccc(F)c3)=CC2=C2C=CNC(N3CCOCC3)=C2)cc1F. The number of rotatable bonds is 7. The van der Waals surface area contributed by atoms with Crippen molar-refractivity contribution >= 4 is 52.7 Å². The fourth-order valence-corrected chi connectivity index (χ4v) is 5.08. The molecule has 12 heteroatoms. The van der Waals surface area contributed by atoms with Crippen molar-refractivity contribution in [3.63, 3.8) is 0 Å². The molecule has 4 N–H and O–H groups in total. The molecule has 1 fully saturated rings. The summed E-state index contributed by atoms with van der Waals surface area (Å²) in [6.07, 6.45) is 9.25. The Hall–Kier alpha value is -3.64. The first-order chi connectivity index (χ1) is 19.4. The summed E-state index contributed by atoms with van der Waals surface area (Å²) in [5.74, 6) is 0.563. The second-order valence-electron chi connectivity index (χ2n) is 8.74. The number of hydrogen-bond acceptors (Lipinski definition) is 8. The van der Waals surface area contributed by atoms with Gasteiger partial charge in [-0.1, -0.05) is 36.0 Å². The molecule has 7 nitrogen and oxygen atoms in total. The number of halogens is 3. The van der Waals surface area contributed by atoms with E-state index in [4.69, 9.17) is 39.0 Å². The number of benzene rings is 2. The van der Waals surface area contributed by atoms with E-state index in [1.54, 1.807) is 18.3 Å². The Labute approximate surface area is 244 Å². The summed E-state index contributed by atoms with van der Waals surface area (Å²) >= 11 is 12.0. The van der Waals surface area contributed by atoms with E-state index in [1.807, 2.05) is 24.4 Å². The zero-order valence-electron chi connectivity index (χ0n) is 21.0. The lowest BCUT2D eigenvalue weighted by atomic mass is 9.99. The van der Waals surface area contributed by atoms with Gasteiger partial charge in [-0.05, 0) is 42.0 Å². The highest BCUT2D eigenvalue weighted by Crippen LogP contribution is 2.37. The maximum absolute atomic E-state index is 14.9. The first-order valence-corrected chi connectivity index (χ1v) is 13.8. The summed E-state index contributed by atoms with van der Waals surface area (Å²) in [5.41, 5.74) is 8.43. The van der Waals surface area contributed by atoms with Gasteiger partial charge in [-0.15, -0.1) is 0 Å². The van der Waals surface area contributed by atoms with Crippen molar-refractivity contribution < 1.29 is 18.3 Å². The zero-order chi connectivity index (χ0) is 28.1. The second kappa shape index (κ2) is 12.7. The molecule has 206 valence electrons. The van der Waals surface area contributed by atoms with Crippen LogP contribution in [0.15, 0.2) is 99.0 Å². The Kier molecular flexibility index (Phi) is 8.85. The minimum absolute atomic E-state index is 0.0889. The van der Waals surface area contributed by atoms with E-state index >= 15 is 0 Å². The van der Waals surface area contributed by atoms with E-state index < -0.39 is 5.82 Å². The van der Waals surface area contributed by atoms with Crippen LogP contribution in [0.3, 0.4) is 0 Å². The quantitative estimate of drug-likeness (QED) is 0.168. The third-order valence-electron chi connectivity index (χ3n) is 6.07. The molecule has 0 bridgehead atoms. The predicted molar refractivity (Wildman–Crippen MR) is 159 cm³/mol. The van der Waals surface area contributed by atoms with Crippen LogP contribution in [-0.4, -0.2) is 42.4 Å². The lowest BCUT2D eigenvalue weighted by molar-refractivity contribution is 0.0512. The number of ether oxygens (including phenoxy) is 2. The van der Waals surface area contributed by atoms with Crippen LogP contribution in [-0.2, 0) is 4.74 Å². The molecule has 0 radical (unpaired) electrons. The average molecular weight is 600 g/mol. The van der Waals surface area contributed by atoms with Gasteiger partial charge >= 0.3 is 0 Å². The van der Waals surface area contributed by atoms with Gasteiger partial charge in [0, 0.05) is 65.7 Å². The minimum Gasteiger partial charge on any atom is -0.454 e. The number of thiocarbonyl (C=S) groups is 1. The van der Waals surface area contributed by atoms with Gasteiger partial charge in [-0.2, -0.15) is 4.40 Å². The number of morpholine rings is 1. The molecule has 3 heterocycles. The topological polar surface area (TPSA) is 84.1 Å². The van der Waals surface area contributed by atoms with Gasteiger partial charge < -0.3 is 30.7 Å². The lowest BCUT2D eigenvalue weighted by Crippen LogP contribution is -2.39. The fraction of sp³-hybridized carbons (Fsp3) is 0.143. The number of nitrogens with one attached hydrogen (secondary N) is 2. The van der Waals surface area contributed by atoms with E-state index in [0.29, 0.717) is 35.8 Å². The molecule has 0 aliphatic carbocycles. The van der Waals surface area contributed by atoms with Crippen LogP contribution in [0.5, 0.6) is 5.75 Å². The number of nitrogens with two attached hydrogens (primary N) is 1. The molecule has 0 aromatic heterocycles. The van der Waals surface area contributed by atoms with Crippen LogP contribution in [0.1, 0.15) is 5.56 Å². The molecule has 0 atom stereocenters. The number of nitrogens with zero attached hydrogens (tertiary/aromatic N) is 2. The largest absolute Gasteiger partial charge is 0.454 e. The van der Waals surface area contributed by atoms with Gasteiger partial charge in [-0.3, -0.25) is 0 Å². The van der Waals surface area contributed by atoms with Gasteiger partial charge in [-0.25, -0.2) is 8.78 Å². The molecule has 40 heavy (non-hydrogen) atoms. The van der Waals surface area contributed by atoms with Crippen molar-refractivity contribution in [3.8, 4) is 5.75 Å². The highest BCUT2D eigenvalue weighted by Gasteiger charge is 2.22. The van der Waals surface area contributed by atoms with Crippen molar-refractivity contribution in [3.05, 3.63) is 112 Å². The van der Waals surface area contributed by atoms with Gasteiger partial charge in [0.2, 0.25) is 0 Å². The van der Waals surface area contributed by atoms with Crippen molar-refractivity contribution in [2.75, 3.05) is 26.3 Å². The van der Waals surface area contributed by atoms with E-state index in [0.717, 1.165) is 36.4 Å². The van der Waals surface area contributed by atoms with Crippen molar-refractivity contribution in [1.29, 1.82) is 0 Å². The minimum atomic E-state index is -0.587. The highest BCUT2D eigenvalue weighted by molar-refractivity contribution is 7.98. The number of dihydropyridines is 2. The Balaban J connectivity index is 1.51. The van der Waals surface area contributed by atoms with E-state index in [2.05, 4.69) is 19.9 Å². The van der Waals surface area contributed by atoms with Crippen LogP contribution in [0.4, 0.5) is 8.78 Å². The first-order valence-electron chi connectivity index (χ1n) is 12.2. The number of hydrogen-bond donors (Lipinski definition) is 3.